The predicted octanol–water partition coefficient (Wildman–Crippen LogP) is 10.7. The molecule has 0 saturated carbocycles. The van der Waals surface area contributed by atoms with Gasteiger partial charge in [0.2, 0.25) is 0 Å². The first kappa shape index (κ1) is 57.2. The quantitative estimate of drug-likeness (QED) is 0.162. The van der Waals surface area contributed by atoms with Gasteiger partial charge < -0.3 is 37.4 Å². The van der Waals surface area contributed by atoms with Crippen molar-refractivity contribution in [3.8, 4) is 23.5 Å². The molecule has 0 N–H and O–H groups in total. The minimum atomic E-state index is -0.476. The summed E-state index contributed by atoms with van der Waals surface area (Å²) < 4.78 is 45.9. The second kappa shape index (κ2) is 21.9. The van der Waals surface area contributed by atoms with Gasteiger partial charge in [0.15, 0.2) is 0 Å². The van der Waals surface area contributed by atoms with E-state index in [2.05, 4.69) is 87.9 Å². The molecule has 69 heavy (non-hydrogen) atoms. The smallest absolute Gasteiger partial charge is 0.405 e. The van der Waals surface area contributed by atoms with Gasteiger partial charge in [0, 0.05) is 26.6 Å². The molecular formula is C54H77B3N4O8. The molecule has 2 aromatic carbocycles. The number of benzene rings is 2. The van der Waals surface area contributed by atoms with E-state index < -0.39 is 21.1 Å². The van der Waals surface area contributed by atoms with E-state index in [1.165, 1.54) is 11.1 Å². The summed E-state index contributed by atoms with van der Waals surface area (Å²) in [5, 5.41) is 17.7. The Balaban J connectivity index is 0.000000204. The Labute approximate surface area is 415 Å². The fourth-order valence-corrected chi connectivity index (χ4v) is 7.02. The van der Waals surface area contributed by atoms with Crippen LogP contribution < -0.4 is 5.46 Å². The van der Waals surface area contributed by atoms with Crippen molar-refractivity contribution < 1.29 is 37.4 Å². The van der Waals surface area contributed by atoms with Gasteiger partial charge in [0.25, 0.3) is 0 Å². The van der Waals surface area contributed by atoms with Crippen LogP contribution in [-0.4, -0.2) is 78.9 Å². The molecule has 12 nitrogen and oxygen atoms in total. The molecule has 3 saturated heterocycles. The maximum absolute atomic E-state index is 9.13. The molecule has 0 unspecified atom stereocenters. The van der Waals surface area contributed by atoms with Crippen molar-refractivity contribution in [3.05, 3.63) is 113 Å². The van der Waals surface area contributed by atoms with E-state index in [0.717, 1.165) is 28.0 Å². The van der Waals surface area contributed by atoms with Crippen LogP contribution >= 0.6 is 0 Å². The van der Waals surface area contributed by atoms with E-state index >= 15 is 0 Å². The molecule has 0 radical (unpaired) electrons. The Morgan fingerprint density at radius 3 is 1.22 bits per heavy atom. The lowest BCUT2D eigenvalue weighted by Crippen LogP contribution is -2.41. The largest absolute Gasteiger partial charge is 0.494 e. The van der Waals surface area contributed by atoms with Gasteiger partial charge in [-0.3, -0.25) is 9.97 Å². The van der Waals surface area contributed by atoms with Crippen LogP contribution in [0, 0.1) is 22.7 Å². The molecule has 0 spiro atoms. The van der Waals surface area contributed by atoms with Crippen LogP contribution in [0.25, 0.3) is 11.4 Å². The minimum absolute atomic E-state index is 0.134. The van der Waals surface area contributed by atoms with Gasteiger partial charge in [-0.05, 0) is 158 Å². The van der Waals surface area contributed by atoms with Gasteiger partial charge in [-0.1, -0.05) is 71.9 Å². The van der Waals surface area contributed by atoms with Crippen molar-refractivity contribution in [1.29, 1.82) is 10.5 Å². The summed E-state index contributed by atoms with van der Waals surface area (Å²) in [4.78, 5) is 9.09. The molecule has 0 bridgehead atoms. The normalized spacial score (nSPS) is 19.2. The fraction of sp³-hybridized carbons (Fsp3) is 0.556. The van der Waals surface area contributed by atoms with Gasteiger partial charge in [0.05, 0.1) is 81.5 Å². The number of ether oxygens (including phenoxy) is 2. The standard InChI is InChI=1S/C18H24N2.C15H20BNO3.C12H24B2O4.C9H9NO/c1-17(2,3)13-7-9-15(19-11-13)16-10-8-14(12-20-16)18(4,5)6;1-14(2)15(3,4)20-16(19-14)13-7-11(9-17)6-12(8-13)10-18-5;1-9(2)10(3,4)16-13(15-9)14-17-11(5,6)12(7,8)18-14;1-11-7-9-4-2-3-8(5-9)6-10/h7-12H,1-6H3;6-8H,10H2,1-5H3;1-8H3;2-5H,7H2,1H3. The number of pyridine rings is 2. The molecule has 370 valence electrons. The van der Waals surface area contributed by atoms with Gasteiger partial charge in [-0.15, -0.1) is 0 Å². The lowest BCUT2D eigenvalue weighted by atomic mass is 9.49. The molecule has 0 aliphatic carbocycles. The first-order chi connectivity index (χ1) is 31.7. The SMILES string of the molecule is CC(C)(C)c1ccc(-c2ccc(C(C)(C)C)cn2)nc1.CC1(C)OB(B2OC(C)(C)C(C)(C)O2)OC1(C)C.COCc1cc(C#N)cc(B2OC(C)(C)C(C)(C)O2)c1.COCc1cccc(C#N)c1. The molecule has 4 aromatic rings. The Kier molecular flexibility index (Phi) is 18.2. The second-order valence-corrected chi connectivity index (χ2v) is 23.0. The van der Waals surface area contributed by atoms with Crippen LogP contribution in [0.3, 0.4) is 0 Å². The zero-order valence-electron chi connectivity index (χ0n) is 45.2. The molecule has 3 aliphatic heterocycles. The summed E-state index contributed by atoms with van der Waals surface area (Å²) in [6.45, 7) is 38.4. The number of methoxy groups -OCH3 is 2. The highest BCUT2D eigenvalue weighted by Crippen LogP contribution is 2.43. The van der Waals surface area contributed by atoms with Gasteiger partial charge >= 0.3 is 21.1 Å². The van der Waals surface area contributed by atoms with Crippen molar-refractivity contribution in [2.24, 2.45) is 0 Å². The lowest BCUT2D eigenvalue weighted by Gasteiger charge is -2.32. The molecule has 3 aliphatic rings. The number of hydrogen-bond donors (Lipinski definition) is 0. The average Bonchev–Trinajstić information content (AvgIpc) is 3.73. The van der Waals surface area contributed by atoms with Crippen molar-refractivity contribution in [3.63, 3.8) is 0 Å². The summed E-state index contributed by atoms with van der Waals surface area (Å²) >= 11 is 0. The van der Waals surface area contributed by atoms with E-state index in [1.807, 2.05) is 126 Å². The summed E-state index contributed by atoms with van der Waals surface area (Å²) in [6, 6.07) is 25.6. The fourth-order valence-electron chi connectivity index (χ4n) is 7.02. The van der Waals surface area contributed by atoms with Gasteiger partial charge in [0.1, 0.15) is 0 Å². The summed E-state index contributed by atoms with van der Waals surface area (Å²) in [7, 11) is 1.86. The molecular weight excluding hydrogens is 865 g/mol. The van der Waals surface area contributed by atoms with E-state index in [0.29, 0.717) is 24.3 Å². The third-order valence-corrected chi connectivity index (χ3v) is 13.6. The first-order valence-electron chi connectivity index (χ1n) is 23.7. The van der Waals surface area contributed by atoms with Gasteiger partial charge in [-0.2, -0.15) is 10.5 Å². The Morgan fingerprint density at radius 1 is 0.493 bits per heavy atom. The maximum Gasteiger partial charge on any atom is 0.494 e. The number of aromatic nitrogens is 2. The average molecular weight is 943 g/mol. The van der Waals surface area contributed by atoms with E-state index in [-0.39, 0.29) is 44.4 Å². The molecule has 5 heterocycles. The highest BCUT2D eigenvalue weighted by molar-refractivity contribution is 7.11. The van der Waals surface area contributed by atoms with Crippen molar-refractivity contribution in [1.82, 2.24) is 9.97 Å². The molecule has 7 rings (SSSR count). The number of rotatable bonds is 7. The summed E-state index contributed by atoms with van der Waals surface area (Å²) in [5.41, 5.74) is 6.50. The number of nitrogens with zero attached hydrogens (tertiary/aromatic N) is 4. The Hall–Kier alpha value is -4.41. The highest BCUT2D eigenvalue weighted by Gasteiger charge is 2.63. The van der Waals surface area contributed by atoms with Crippen LogP contribution in [0.4, 0.5) is 0 Å². The van der Waals surface area contributed by atoms with E-state index in [4.69, 9.17) is 47.9 Å². The second-order valence-electron chi connectivity index (χ2n) is 23.0. The molecule has 0 atom stereocenters. The molecule has 3 fully saturated rings. The zero-order chi connectivity index (χ0) is 52.0. The van der Waals surface area contributed by atoms with Crippen LogP contribution in [0.2, 0.25) is 0 Å². The van der Waals surface area contributed by atoms with Crippen molar-refractivity contribution in [2.75, 3.05) is 14.2 Å². The van der Waals surface area contributed by atoms with E-state index in [9.17, 15) is 0 Å². The van der Waals surface area contributed by atoms with Crippen molar-refractivity contribution >= 4 is 26.6 Å². The monoisotopic (exact) mass is 943 g/mol. The third-order valence-electron chi connectivity index (χ3n) is 13.6. The Bertz CT molecular complexity index is 2280. The molecule has 0 amide bonds. The van der Waals surface area contributed by atoms with E-state index in [1.54, 1.807) is 26.4 Å². The first-order valence-corrected chi connectivity index (χ1v) is 23.7. The third kappa shape index (κ3) is 14.6. The van der Waals surface area contributed by atoms with Crippen LogP contribution in [0.5, 0.6) is 0 Å². The highest BCUT2D eigenvalue weighted by atomic mass is 16.7. The minimum Gasteiger partial charge on any atom is -0.405 e. The lowest BCUT2D eigenvalue weighted by molar-refractivity contribution is 0.00578. The number of nitriles is 2. The van der Waals surface area contributed by atoms with Crippen LogP contribution in [0.1, 0.15) is 158 Å². The molecule has 15 heteroatoms. The zero-order valence-corrected chi connectivity index (χ0v) is 45.2. The maximum atomic E-state index is 9.13. The molecule has 2 aromatic heterocycles. The van der Waals surface area contributed by atoms with Crippen LogP contribution in [0.15, 0.2) is 79.1 Å². The van der Waals surface area contributed by atoms with Gasteiger partial charge in [-0.25, -0.2) is 0 Å². The summed E-state index contributed by atoms with van der Waals surface area (Å²) in [5.74, 6) is 0. The number of hydrogen-bond acceptors (Lipinski definition) is 12. The predicted molar refractivity (Wildman–Crippen MR) is 276 cm³/mol. The Morgan fingerprint density at radius 2 is 0.870 bits per heavy atom. The van der Waals surface area contributed by atoms with Crippen LogP contribution in [-0.2, 0) is 61.4 Å². The topological polar surface area (TPSA) is 147 Å². The van der Waals surface area contributed by atoms with Crippen molar-refractivity contribution in [2.45, 2.75) is 182 Å². The summed E-state index contributed by atoms with van der Waals surface area (Å²) in [6.07, 6.45) is 3.91.